The van der Waals surface area contributed by atoms with E-state index in [2.05, 4.69) is 0 Å². The second kappa shape index (κ2) is 14.4. The molecular formula is C40H46N2O7S. The molecule has 2 heterocycles. The van der Waals surface area contributed by atoms with Crippen molar-refractivity contribution in [1.82, 2.24) is 4.90 Å². The number of nitrogens with zero attached hydrogens (tertiary/aromatic N) is 2. The molecule has 1 amide bonds. The van der Waals surface area contributed by atoms with Crippen molar-refractivity contribution in [2.24, 2.45) is 4.99 Å². The molecule has 0 bridgehead atoms. The fourth-order valence-electron chi connectivity index (χ4n) is 6.16. The van der Waals surface area contributed by atoms with Gasteiger partial charge in [-0.25, -0.2) is 9.79 Å². The fourth-order valence-corrected chi connectivity index (χ4v) is 7.55. The number of amides is 1. The van der Waals surface area contributed by atoms with Gasteiger partial charge < -0.3 is 19.3 Å². The molecule has 2 aliphatic heterocycles. The van der Waals surface area contributed by atoms with Gasteiger partial charge in [0.15, 0.2) is 6.10 Å². The van der Waals surface area contributed by atoms with Crippen molar-refractivity contribution < 1.29 is 33.7 Å². The number of aromatic hydroxyl groups is 1. The lowest BCUT2D eigenvalue weighted by atomic mass is 9.78. The molecule has 0 saturated carbocycles. The predicted octanol–water partition coefficient (Wildman–Crippen LogP) is 7.20. The first-order chi connectivity index (χ1) is 23.6. The van der Waals surface area contributed by atoms with Crippen LogP contribution in [0.2, 0.25) is 0 Å². The van der Waals surface area contributed by atoms with Crippen molar-refractivity contribution in [1.29, 1.82) is 0 Å². The Bertz CT molecular complexity index is 1730. The van der Waals surface area contributed by atoms with E-state index in [4.69, 9.17) is 19.2 Å². The first kappa shape index (κ1) is 36.9. The van der Waals surface area contributed by atoms with E-state index in [1.807, 2.05) is 114 Å². The Morgan fingerprint density at radius 2 is 1.52 bits per heavy atom. The van der Waals surface area contributed by atoms with Crippen LogP contribution in [0, 0.1) is 0 Å². The van der Waals surface area contributed by atoms with Crippen LogP contribution in [0.25, 0.3) is 0 Å². The highest BCUT2D eigenvalue weighted by molar-refractivity contribution is 8.00. The lowest BCUT2D eigenvalue weighted by Crippen LogP contribution is -2.74. The third-order valence-electron chi connectivity index (χ3n) is 8.68. The van der Waals surface area contributed by atoms with Gasteiger partial charge in [0.2, 0.25) is 0 Å². The molecule has 264 valence electrons. The minimum Gasteiger partial charge on any atom is -0.507 e. The molecule has 0 unspecified atom stereocenters. The lowest BCUT2D eigenvalue weighted by Gasteiger charge is -2.54. The largest absolute Gasteiger partial charge is 0.507 e. The molecule has 5 rings (SSSR count). The molecule has 0 radical (unpaired) electrons. The Morgan fingerprint density at radius 1 is 0.980 bits per heavy atom. The van der Waals surface area contributed by atoms with Crippen LogP contribution in [0.1, 0.15) is 89.3 Å². The van der Waals surface area contributed by atoms with Gasteiger partial charge in [-0.2, -0.15) is 0 Å². The Hall–Kier alpha value is -4.41. The fraction of sp³-hybridized carbons (Fsp3) is 0.400. The summed E-state index contributed by atoms with van der Waals surface area (Å²) >= 11 is 1.38. The Balaban J connectivity index is 1.54. The predicted molar refractivity (Wildman–Crippen MR) is 195 cm³/mol. The van der Waals surface area contributed by atoms with E-state index in [1.54, 1.807) is 13.1 Å². The summed E-state index contributed by atoms with van der Waals surface area (Å²) in [6, 6.07) is 22.5. The molecule has 1 saturated heterocycles. The van der Waals surface area contributed by atoms with Crippen LogP contribution in [0.3, 0.4) is 0 Å². The molecule has 50 heavy (non-hydrogen) atoms. The van der Waals surface area contributed by atoms with Gasteiger partial charge in [0.1, 0.15) is 23.4 Å². The van der Waals surface area contributed by atoms with Gasteiger partial charge in [-0.05, 0) is 46.6 Å². The maximum Gasteiger partial charge on any atom is 0.356 e. The van der Waals surface area contributed by atoms with Gasteiger partial charge in [0.05, 0.1) is 0 Å². The van der Waals surface area contributed by atoms with Crippen molar-refractivity contribution in [3.05, 3.63) is 112 Å². The Morgan fingerprint density at radius 3 is 2.00 bits per heavy atom. The number of thioether (sulfide) groups is 1. The van der Waals surface area contributed by atoms with E-state index in [0.717, 1.165) is 22.3 Å². The monoisotopic (exact) mass is 698 g/mol. The number of benzene rings is 3. The molecule has 2 aliphatic rings. The molecule has 0 aromatic heterocycles. The van der Waals surface area contributed by atoms with Crippen LogP contribution < -0.4 is 0 Å². The van der Waals surface area contributed by atoms with E-state index >= 15 is 0 Å². The number of carbonyl (C=O) groups is 3. The van der Waals surface area contributed by atoms with E-state index in [1.165, 1.54) is 23.6 Å². The number of hydrogen-bond acceptors (Lipinski definition) is 9. The van der Waals surface area contributed by atoms with Crippen LogP contribution in [-0.4, -0.2) is 64.1 Å². The second-order valence-corrected chi connectivity index (χ2v) is 15.6. The van der Waals surface area contributed by atoms with Crippen LogP contribution in [0.15, 0.2) is 89.1 Å². The van der Waals surface area contributed by atoms with Crippen molar-refractivity contribution in [2.45, 2.75) is 83.4 Å². The van der Waals surface area contributed by atoms with Crippen LogP contribution >= 0.6 is 11.8 Å². The number of phenols is 1. The van der Waals surface area contributed by atoms with E-state index < -0.39 is 35.0 Å². The van der Waals surface area contributed by atoms with Crippen LogP contribution in [-0.2, 0) is 39.4 Å². The number of phenolic OH excluding ortho intramolecular Hbond substituents is 1. The first-order valence-corrected chi connectivity index (χ1v) is 17.8. The third kappa shape index (κ3) is 7.37. The summed E-state index contributed by atoms with van der Waals surface area (Å²) in [6.07, 6.45) is 0.863. The molecule has 10 heteroatoms. The molecule has 3 aromatic rings. The minimum absolute atomic E-state index is 0.0251. The van der Waals surface area contributed by atoms with Gasteiger partial charge in [0.25, 0.3) is 11.6 Å². The number of carbonyl (C=O) groups excluding carboxylic acids is 3. The Kier molecular flexibility index (Phi) is 10.6. The average Bonchev–Trinajstić information content (AvgIpc) is 3.07. The van der Waals surface area contributed by atoms with E-state index in [9.17, 15) is 19.5 Å². The van der Waals surface area contributed by atoms with Crippen molar-refractivity contribution >= 4 is 35.8 Å². The van der Waals surface area contributed by atoms with Crippen LogP contribution in [0.5, 0.6) is 5.75 Å². The van der Waals surface area contributed by atoms with Gasteiger partial charge in [-0.3, -0.25) is 14.5 Å². The zero-order valence-electron chi connectivity index (χ0n) is 30.0. The molecule has 0 spiro atoms. The number of fused-ring (bicyclic) bond motifs is 1. The summed E-state index contributed by atoms with van der Waals surface area (Å²) in [5.74, 6) is -1.24. The summed E-state index contributed by atoms with van der Waals surface area (Å²) in [4.78, 5) is 46.6. The molecular weight excluding hydrogens is 653 g/mol. The van der Waals surface area contributed by atoms with Gasteiger partial charge in [-0.1, -0.05) is 102 Å². The topological polar surface area (TPSA) is 115 Å². The molecule has 0 aliphatic carbocycles. The lowest BCUT2D eigenvalue weighted by molar-refractivity contribution is -0.187. The van der Waals surface area contributed by atoms with Gasteiger partial charge in [0, 0.05) is 42.2 Å². The SMILES string of the molecule is CCO[C@@]1(N=Cc2cc(C(C)(C)C)c(O)c(C(C)(C)C)c2)C(=O)N2C(C(=O)OC(c3ccccc3)c3ccccc3)=C(COC(C)=O)CS[C@@H]21. The molecule has 2 atom stereocenters. The zero-order valence-corrected chi connectivity index (χ0v) is 30.8. The average molecular weight is 699 g/mol. The summed E-state index contributed by atoms with van der Waals surface area (Å²) < 4.78 is 17.7. The molecule has 3 aromatic carbocycles. The van der Waals surface area contributed by atoms with Crippen LogP contribution in [0.4, 0.5) is 0 Å². The standard InChI is InChI=1S/C40H46N2O7S/c1-9-48-40(41-22-26-20-30(38(3,4)5)33(44)31(21-26)39(6,7)8)36(46)42-32(29(23-47-25(2)43)24-50-37(40)42)35(45)49-34(27-16-12-10-13-17-27)28-18-14-11-15-19-28/h10-22,34,37,44H,9,23-24H2,1-8H3/t37-,40+/m1/s1. The van der Waals surface area contributed by atoms with E-state index in [0.29, 0.717) is 11.1 Å². The summed E-state index contributed by atoms with van der Waals surface area (Å²) in [7, 11) is 0. The first-order valence-electron chi connectivity index (χ1n) is 16.8. The van der Waals surface area contributed by atoms with Gasteiger partial charge in [-0.15, -0.1) is 11.8 Å². The smallest absolute Gasteiger partial charge is 0.356 e. The molecule has 1 N–H and O–H groups in total. The number of esters is 2. The van der Waals surface area contributed by atoms with Crippen molar-refractivity contribution in [3.8, 4) is 5.75 Å². The summed E-state index contributed by atoms with van der Waals surface area (Å²) in [5, 5.41) is 10.5. The zero-order chi connectivity index (χ0) is 36.4. The van der Waals surface area contributed by atoms with Gasteiger partial charge >= 0.3 is 11.9 Å². The van der Waals surface area contributed by atoms with Crippen molar-refractivity contribution in [3.63, 3.8) is 0 Å². The van der Waals surface area contributed by atoms with E-state index in [-0.39, 0.29) is 41.2 Å². The summed E-state index contributed by atoms with van der Waals surface area (Å²) in [6.45, 7) is 15.3. The Labute approximate surface area is 298 Å². The number of rotatable bonds is 10. The third-order valence-corrected chi connectivity index (χ3v) is 10.0. The molecule has 9 nitrogen and oxygen atoms in total. The quantitative estimate of drug-likeness (QED) is 0.134. The number of ether oxygens (including phenoxy) is 3. The normalized spacial score (nSPS) is 19.4. The highest BCUT2D eigenvalue weighted by atomic mass is 32.2. The molecule has 1 fully saturated rings. The maximum absolute atomic E-state index is 14.3. The number of hydrogen-bond donors (Lipinski definition) is 1. The van der Waals surface area contributed by atoms with Crippen molar-refractivity contribution in [2.75, 3.05) is 19.0 Å². The highest BCUT2D eigenvalue weighted by Gasteiger charge is 2.66. The minimum atomic E-state index is -1.61. The highest BCUT2D eigenvalue weighted by Crippen LogP contribution is 2.50. The maximum atomic E-state index is 14.3. The number of aliphatic imine (C=N–C) groups is 1. The summed E-state index contributed by atoms with van der Waals surface area (Å²) in [5.41, 5.74) is 1.91. The number of β-lactam (4-membered cyclic amide) rings is 1. The second-order valence-electron chi connectivity index (χ2n) is 14.5.